The van der Waals surface area contributed by atoms with Crippen molar-refractivity contribution in [2.75, 3.05) is 26.3 Å². The molecule has 0 aromatic carbocycles. The van der Waals surface area contributed by atoms with Crippen LogP contribution in [0.2, 0.25) is 0 Å². The molecular weight excluding hydrogens is 248 g/mol. The summed E-state index contributed by atoms with van der Waals surface area (Å²) in [5, 5.41) is 0. The summed E-state index contributed by atoms with van der Waals surface area (Å²) < 4.78 is 5.49. The maximum Gasteiger partial charge on any atom is 0.0480 e. The molecule has 3 heteroatoms. The molecule has 2 fully saturated rings. The van der Waals surface area contributed by atoms with Crippen molar-refractivity contribution in [1.82, 2.24) is 9.88 Å². The minimum Gasteiger partial charge on any atom is -0.381 e. The Kier molecular flexibility index (Phi) is 4.69. The Morgan fingerprint density at radius 2 is 2.10 bits per heavy atom. The Labute approximate surface area is 122 Å². The summed E-state index contributed by atoms with van der Waals surface area (Å²) in [6.45, 7) is 6.50. The molecule has 0 saturated carbocycles. The molecule has 1 aromatic rings. The van der Waals surface area contributed by atoms with Gasteiger partial charge in [-0.05, 0) is 63.1 Å². The first-order valence-electron chi connectivity index (χ1n) is 8.04. The number of ether oxygens (including phenoxy) is 1. The number of aromatic nitrogens is 1. The molecule has 20 heavy (non-hydrogen) atoms. The van der Waals surface area contributed by atoms with E-state index in [4.69, 9.17) is 4.74 Å². The number of pyridine rings is 1. The number of likely N-dealkylation sites (tertiary alicyclic amines) is 1. The lowest BCUT2D eigenvalue weighted by molar-refractivity contribution is 0.0178. The highest BCUT2D eigenvalue weighted by atomic mass is 16.5. The van der Waals surface area contributed by atoms with Crippen molar-refractivity contribution in [3.05, 3.63) is 29.6 Å². The zero-order chi connectivity index (χ0) is 13.8. The number of piperidine rings is 1. The Hall–Kier alpha value is -0.930. The third-order valence-corrected chi connectivity index (χ3v) is 4.75. The fourth-order valence-corrected chi connectivity index (χ4v) is 3.60. The molecule has 0 bridgehead atoms. The van der Waals surface area contributed by atoms with E-state index >= 15 is 0 Å². The predicted octanol–water partition coefficient (Wildman–Crippen LogP) is 2.82. The molecule has 1 atom stereocenters. The van der Waals surface area contributed by atoms with Crippen LogP contribution in [0.4, 0.5) is 0 Å². The predicted molar refractivity (Wildman–Crippen MR) is 80.8 cm³/mol. The standard InChI is InChI=1S/C17H26N2O/c1-14-4-5-15(12-18-14)11-16-3-2-8-19(13-16)17-6-9-20-10-7-17/h4-5,12,16-17H,2-3,6-11,13H2,1H3/t16-/m0/s1. The second-order valence-corrected chi connectivity index (χ2v) is 6.36. The van der Waals surface area contributed by atoms with E-state index in [1.165, 1.54) is 50.8 Å². The lowest BCUT2D eigenvalue weighted by Gasteiger charge is -2.40. The van der Waals surface area contributed by atoms with Gasteiger partial charge in [0, 0.05) is 37.7 Å². The van der Waals surface area contributed by atoms with Crippen LogP contribution in [0.3, 0.4) is 0 Å². The van der Waals surface area contributed by atoms with Gasteiger partial charge in [0.05, 0.1) is 0 Å². The Morgan fingerprint density at radius 1 is 1.25 bits per heavy atom. The summed E-state index contributed by atoms with van der Waals surface area (Å²) in [7, 11) is 0. The van der Waals surface area contributed by atoms with Gasteiger partial charge in [-0.3, -0.25) is 9.88 Å². The highest BCUT2D eigenvalue weighted by Crippen LogP contribution is 2.25. The summed E-state index contributed by atoms with van der Waals surface area (Å²) >= 11 is 0. The van der Waals surface area contributed by atoms with Gasteiger partial charge in [0.2, 0.25) is 0 Å². The van der Waals surface area contributed by atoms with Crippen LogP contribution in [0.25, 0.3) is 0 Å². The highest BCUT2D eigenvalue weighted by molar-refractivity contribution is 5.14. The van der Waals surface area contributed by atoms with Crippen LogP contribution in [0, 0.1) is 12.8 Å². The molecule has 2 aliphatic rings. The first kappa shape index (κ1) is 14.0. The van der Waals surface area contributed by atoms with Gasteiger partial charge < -0.3 is 4.74 Å². The van der Waals surface area contributed by atoms with Crippen molar-refractivity contribution in [2.24, 2.45) is 5.92 Å². The van der Waals surface area contributed by atoms with E-state index in [2.05, 4.69) is 35.1 Å². The van der Waals surface area contributed by atoms with Gasteiger partial charge in [-0.2, -0.15) is 0 Å². The molecule has 0 aliphatic carbocycles. The van der Waals surface area contributed by atoms with E-state index in [1.54, 1.807) is 0 Å². The van der Waals surface area contributed by atoms with Crippen molar-refractivity contribution < 1.29 is 4.74 Å². The fourth-order valence-electron chi connectivity index (χ4n) is 3.60. The van der Waals surface area contributed by atoms with Crippen LogP contribution >= 0.6 is 0 Å². The Balaban J connectivity index is 1.56. The Morgan fingerprint density at radius 3 is 2.85 bits per heavy atom. The molecule has 3 rings (SSSR count). The van der Waals surface area contributed by atoms with Gasteiger partial charge in [0.1, 0.15) is 0 Å². The second-order valence-electron chi connectivity index (χ2n) is 6.36. The molecular formula is C17H26N2O. The van der Waals surface area contributed by atoms with Gasteiger partial charge in [0.15, 0.2) is 0 Å². The number of nitrogens with zero attached hydrogens (tertiary/aromatic N) is 2. The van der Waals surface area contributed by atoms with E-state index in [-0.39, 0.29) is 0 Å². The third-order valence-electron chi connectivity index (χ3n) is 4.75. The number of aryl methyl sites for hydroxylation is 1. The molecule has 3 heterocycles. The van der Waals surface area contributed by atoms with E-state index in [0.29, 0.717) is 0 Å². The normalized spacial score (nSPS) is 25.8. The van der Waals surface area contributed by atoms with Gasteiger partial charge in [0.25, 0.3) is 0 Å². The number of hydrogen-bond acceptors (Lipinski definition) is 3. The largest absolute Gasteiger partial charge is 0.381 e. The van der Waals surface area contributed by atoms with Gasteiger partial charge in [-0.25, -0.2) is 0 Å². The highest BCUT2D eigenvalue weighted by Gasteiger charge is 2.27. The summed E-state index contributed by atoms with van der Waals surface area (Å²) in [6.07, 6.45) is 8.41. The first-order valence-corrected chi connectivity index (χ1v) is 8.04. The van der Waals surface area contributed by atoms with Crippen molar-refractivity contribution in [3.63, 3.8) is 0 Å². The molecule has 0 amide bonds. The molecule has 0 spiro atoms. The molecule has 1 aromatic heterocycles. The van der Waals surface area contributed by atoms with Crippen LogP contribution < -0.4 is 0 Å². The van der Waals surface area contributed by atoms with Crippen molar-refractivity contribution in [1.29, 1.82) is 0 Å². The van der Waals surface area contributed by atoms with E-state index in [9.17, 15) is 0 Å². The van der Waals surface area contributed by atoms with Crippen LogP contribution in [-0.2, 0) is 11.2 Å². The maximum absolute atomic E-state index is 5.49. The van der Waals surface area contributed by atoms with E-state index in [1.807, 2.05) is 0 Å². The maximum atomic E-state index is 5.49. The SMILES string of the molecule is Cc1ccc(C[C@@H]2CCCN(C3CCOCC3)C2)cn1. The van der Waals surface area contributed by atoms with Crippen LogP contribution in [0.1, 0.15) is 36.9 Å². The molecule has 110 valence electrons. The Bertz CT molecular complexity index is 412. The molecule has 2 aliphatic heterocycles. The summed E-state index contributed by atoms with van der Waals surface area (Å²) in [4.78, 5) is 7.14. The van der Waals surface area contributed by atoms with E-state index in [0.717, 1.165) is 30.9 Å². The molecule has 2 saturated heterocycles. The van der Waals surface area contributed by atoms with Crippen LogP contribution in [0.15, 0.2) is 18.3 Å². The monoisotopic (exact) mass is 274 g/mol. The van der Waals surface area contributed by atoms with Gasteiger partial charge in [-0.1, -0.05) is 6.07 Å². The first-order chi connectivity index (χ1) is 9.81. The summed E-state index contributed by atoms with van der Waals surface area (Å²) in [6, 6.07) is 5.15. The quantitative estimate of drug-likeness (QED) is 0.847. The van der Waals surface area contributed by atoms with Crippen LogP contribution in [0.5, 0.6) is 0 Å². The zero-order valence-electron chi connectivity index (χ0n) is 12.6. The number of hydrogen-bond donors (Lipinski definition) is 0. The third kappa shape index (κ3) is 3.58. The average molecular weight is 274 g/mol. The topological polar surface area (TPSA) is 25.4 Å². The second kappa shape index (κ2) is 6.68. The number of rotatable bonds is 3. The van der Waals surface area contributed by atoms with E-state index < -0.39 is 0 Å². The fraction of sp³-hybridized carbons (Fsp3) is 0.706. The van der Waals surface area contributed by atoms with Crippen molar-refractivity contribution in [2.45, 2.75) is 45.1 Å². The smallest absolute Gasteiger partial charge is 0.0480 e. The minimum atomic E-state index is 0.766. The molecule has 3 nitrogen and oxygen atoms in total. The zero-order valence-corrected chi connectivity index (χ0v) is 12.6. The minimum absolute atomic E-state index is 0.766. The van der Waals surface area contributed by atoms with Crippen molar-refractivity contribution in [3.8, 4) is 0 Å². The molecule has 0 N–H and O–H groups in total. The van der Waals surface area contributed by atoms with Gasteiger partial charge >= 0.3 is 0 Å². The molecule has 0 unspecified atom stereocenters. The molecule has 0 radical (unpaired) electrons. The van der Waals surface area contributed by atoms with Crippen molar-refractivity contribution >= 4 is 0 Å². The van der Waals surface area contributed by atoms with Crippen LogP contribution in [-0.4, -0.2) is 42.2 Å². The average Bonchev–Trinajstić information content (AvgIpc) is 2.51. The van der Waals surface area contributed by atoms with Gasteiger partial charge in [-0.15, -0.1) is 0 Å². The summed E-state index contributed by atoms with van der Waals surface area (Å²) in [5.74, 6) is 0.802. The lowest BCUT2D eigenvalue weighted by Crippen LogP contribution is -2.45. The lowest BCUT2D eigenvalue weighted by atomic mass is 9.90. The summed E-state index contributed by atoms with van der Waals surface area (Å²) in [5.41, 5.74) is 2.51.